The fourth-order valence-corrected chi connectivity index (χ4v) is 1.37. The van der Waals surface area contributed by atoms with E-state index in [9.17, 15) is 18.0 Å². The molecule has 0 saturated carbocycles. The number of ether oxygens (including phenoxy) is 1. The summed E-state index contributed by atoms with van der Waals surface area (Å²) in [7, 11) is 0. The quantitative estimate of drug-likeness (QED) is 0.778. The van der Waals surface area contributed by atoms with Gasteiger partial charge in [0.2, 0.25) is 0 Å². The zero-order valence-corrected chi connectivity index (χ0v) is 9.41. The van der Waals surface area contributed by atoms with Gasteiger partial charge in [-0.05, 0) is 12.5 Å². The van der Waals surface area contributed by atoms with Crippen LogP contribution in [0.4, 0.5) is 13.2 Å². The van der Waals surface area contributed by atoms with Crippen molar-refractivity contribution in [3.8, 4) is 6.07 Å². The third-order valence-electron chi connectivity index (χ3n) is 2.11. The summed E-state index contributed by atoms with van der Waals surface area (Å²) in [6.07, 6.45) is -3.69. The van der Waals surface area contributed by atoms with Crippen LogP contribution in [-0.4, -0.2) is 17.6 Å². The van der Waals surface area contributed by atoms with Gasteiger partial charge in [0, 0.05) is 12.4 Å². The smallest absolute Gasteiger partial charge is 0.418 e. The number of carbonyl (C=O) groups excluding carboxylic acids is 1. The molecule has 0 atom stereocenters. The second-order valence-electron chi connectivity index (χ2n) is 3.30. The molecule has 0 spiro atoms. The van der Waals surface area contributed by atoms with Crippen LogP contribution >= 0.6 is 0 Å². The van der Waals surface area contributed by atoms with E-state index in [1.54, 1.807) is 13.0 Å². The molecule has 0 bridgehead atoms. The molecule has 96 valence electrons. The molecule has 1 rings (SSSR count). The zero-order valence-electron chi connectivity index (χ0n) is 9.41. The van der Waals surface area contributed by atoms with E-state index in [1.807, 2.05) is 0 Å². The molecule has 1 aromatic heterocycles. The summed E-state index contributed by atoms with van der Waals surface area (Å²) in [5.41, 5.74) is -1.77. The van der Waals surface area contributed by atoms with Gasteiger partial charge in [-0.1, -0.05) is 0 Å². The first-order valence-electron chi connectivity index (χ1n) is 5.00. The molecule has 0 unspecified atom stereocenters. The molecule has 1 heterocycles. The summed E-state index contributed by atoms with van der Waals surface area (Å²) in [4.78, 5) is 14.6. The van der Waals surface area contributed by atoms with Crippen LogP contribution in [0, 0.1) is 11.3 Å². The SMILES string of the molecule is CCOC(=O)Cc1c(C#N)cncc1C(F)(F)F. The molecule has 0 aliphatic rings. The summed E-state index contributed by atoms with van der Waals surface area (Å²) in [5.74, 6) is -0.814. The van der Waals surface area contributed by atoms with Gasteiger partial charge >= 0.3 is 12.1 Å². The molecule has 0 radical (unpaired) electrons. The lowest BCUT2D eigenvalue weighted by Gasteiger charge is -2.12. The van der Waals surface area contributed by atoms with Gasteiger partial charge in [-0.3, -0.25) is 9.78 Å². The van der Waals surface area contributed by atoms with Crippen LogP contribution in [0.1, 0.15) is 23.6 Å². The van der Waals surface area contributed by atoms with Crippen molar-refractivity contribution in [2.75, 3.05) is 6.61 Å². The predicted molar refractivity (Wildman–Crippen MR) is 54.3 cm³/mol. The van der Waals surface area contributed by atoms with E-state index < -0.39 is 29.7 Å². The Balaban J connectivity index is 3.22. The number of carbonyl (C=O) groups is 1. The average molecular weight is 258 g/mol. The molecule has 18 heavy (non-hydrogen) atoms. The van der Waals surface area contributed by atoms with Gasteiger partial charge in [0.1, 0.15) is 6.07 Å². The number of esters is 1. The number of nitriles is 1. The largest absolute Gasteiger partial charge is 0.466 e. The summed E-state index contributed by atoms with van der Waals surface area (Å²) in [6.45, 7) is 1.60. The molecule has 0 aromatic carbocycles. The molecular formula is C11H9F3N2O2. The van der Waals surface area contributed by atoms with Crippen molar-refractivity contribution in [3.63, 3.8) is 0 Å². The maximum atomic E-state index is 12.7. The Kier molecular flexibility index (Phi) is 4.26. The van der Waals surface area contributed by atoms with Crippen LogP contribution < -0.4 is 0 Å². The lowest BCUT2D eigenvalue weighted by atomic mass is 10.0. The number of alkyl halides is 3. The monoisotopic (exact) mass is 258 g/mol. The summed E-state index contributed by atoms with van der Waals surface area (Å²) < 4.78 is 42.7. The average Bonchev–Trinajstić information content (AvgIpc) is 2.28. The second-order valence-corrected chi connectivity index (χ2v) is 3.30. The maximum absolute atomic E-state index is 12.7. The van der Waals surface area contributed by atoms with Crippen LogP contribution in [0.15, 0.2) is 12.4 Å². The van der Waals surface area contributed by atoms with Crippen LogP contribution in [0.3, 0.4) is 0 Å². The van der Waals surface area contributed by atoms with E-state index in [0.29, 0.717) is 6.20 Å². The normalized spacial score (nSPS) is 10.8. The number of nitrogens with zero attached hydrogens (tertiary/aromatic N) is 2. The van der Waals surface area contributed by atoms with Gasteiger partial charge in [0.25, 0.3) is 0 Å². The molecule has 0 fully saturated rings. The van der Waals surface area contributed by atoms with Crippen molar-refractivity contribution in [2.24, 2.45) is 0 Å². The van der Waals surface area contributed by atoms with E-state index in [0.717, 1.165) is 6.20 Å². The Morgan fingerprint density at radius 1 is 1.50 bits per heavy atom. The minimum absolute atomic E-state index is 0.0627. The lowest BCUT2D eigenvalue weighted by molar-refractivity contribution is -0.143. The van der Waals surface area contributed by atoms with E-state index >= 15 is 0 Å². The zero-order chi connectivity index (χ0) is 13.8. The van der Waals surface area contributed by atoms with E-state index in [2.05, 4.69) is 9.72 Å². The lowest BCUT2D eigenvalue weighted by Crippen LogP contribution is -2.16. The standard InChI is InChI=1S/C11H9F3N2O2/c1-2-18-10(17)3-8-7(4-15)5-16-6-9(8)11(12,13)14/h5-6H,2-3H2,1H3. The molecule has 0 N–H and O–H groups in total. The van der Waals surface area contributed by atoms with E-state index in [1.165, 1.54) is 0 Å². The number of hydrogen-bond donors (Lipinski definition) is 0. The van der Waals surface area contributed by atoms with E-state index in [4.69, 9.17) is 5.26 Å². The topological polar surface area (TPSA) is 63.0 Å². The van der Waals surface area contributed by atoms with Crippen molar-refractivity contribution < 1.29 is 22.7 Å². The van der Waals surface area contributed by atoms with Gasteiger partial charge in [0.05, 0.1) is 24.2 Å². The number of aromatic nitrogens is 1. The second kappa shape index (κ2) is 5.49. The Morgan fingerprint density at radius 3 is 2.67 bits per heavy atom. The Bertz CT molecular complexity index is 492. The van der Waals surface area contributed by atoms with Gasteiger partial charge in [0.15, 0.2) is 0 Å². The first kappa shape index (κ1) is 14.0. The first-order valence-corrected chi connectivity index (χ1v) is 5.00. The van der Waals surface area contributed by atoms with Crippen molar-refractivity contribution in [1.82, 2.24) is 4.98 Å². The van der Waals surface area contributed by atoms with Crippen molar-refractivity contribution in [3.05, 3.63) is 29.1 Å². The van der Waals surface area contributed by atoms with Crippen molar-refractivity contribution in [2.45, 2.75) is 19.5 Å². The van der Waals surface area contributed by atoms with Crippen LogP contribution in [0.5, 0.6) is 0 Å². The van der Waals surface area contributed by atoms with Gasteiger partial charge in [-0.25, -0.2) is 0 Å². The molecule has 0 amide bonds. The molecule has 0 aliphatic carbocycles. The highest BCUT2D eigenvalue weighted by molar-refractivity contribution is 5.74. The third kappa shape index (κ3) is 3.20. The highest BCUT2D eigenvalue weighted by Gasteiger charge is 2.35. The third-order valence-corrected chi connectivity index (χ3v) is 2.11. The van der Waals surface area contributed by atoms with Crippen LogP contribution in [0.25, 0.3) is 0 Å². The van der Waals surface area contributed by atoms with Crippen molar-refractivity contribution >= 4 is 5.97 Å². The maximum Gasteiger partial charge on any atom is 0.418 e. The fourth-order valence-electron chi connectivity index (χ4n) is 1.37. The number of pyridine rings is 1. The van der Waals surface area contributed by atoms with Gasteiger partial charge in [-0.2, -0.15) is 18.4 Å². The minimum atomic E-state index is -4.66. The molecule has 0 saturated heterocycles. The van der Waals surface area contributed by atoms with Crippen LogP contribution in [0.2, 0.25) is 0 Å². The van der Waals surface area contributed by atoms with E-state index in [-0.39, 0.29) is 12.2 Å². The number of halogens is 3. The highest BCUT2D eigenvalue weighted by Crippen LogP contribution is 2.32. The molecule has 0 aliphatic heterocycles. The summed E-state index contributed by atoms with van der Waals surface area (Å²) in [6, 6.07) is 1.59. The molecular weight excluding hydrogens is 249 g/mol. The van der Waals surface area contributed by atoms with Gasteiger partial charge < -0.3 is 4.74 Å². The van der Waals surface area contributed by atoms with Gasteiger partial charge in [-0.15, -0.1) is 0 Å². The minimum Gasteiger partial charge on any atom is -0.466 e. The van der Waals surface area contributed by atoms with Crippen LogP contribution in [-0.2, 0) is 22.1 Å². The molecule has 4 nitrogen and oxygen atoms in total. The first-order chi connectivity index (χ1) is 8.40. The molecule has 7 heteroatoms. The Hall–Kier alpha value is -2.10. The number of hydrogen-bond acceptors (Lipinski definition) is 4. The fraction of sp³-hybridized carbons (Fsp3) is 0.364. The summed E-state index contributed by atoms with van der Waals surface area (Å²) in [5, 5.41) is 8.74. The highest BCUT2D eigenvalue weighted by atomic mass is 19.4. The Labute approximate surface area is 101 Å². The van der Waals surface area contributed by atoms with Crippen molar-refractivity contribution in [1.29, 1.82) is 5.26 Å². The molecule has 1 aromatic rings. The summed E-state index contributed by atoms with van der Waals surface area (Å²) >= 11 is 0. The Morgan fingerprint density at radius 2 is 2.17 bits per heavy atom. The predicted octanol–water partition coefficient (Wildman–Crippen LogP) is 2.08. The number of rotatable bonds is 3.